The van der Waals surface area contributed by atoms with Crippen molar-refractivity contribution in [3.05, 3.63) is 24.3 Å². The third-order valence-corrected chi connectivity index (χ3v) is 3.45. The van der Waals surface area contributed by atoms with E-state index in [0.717, 1.165) is 0 Å². The van der Waals surface area contributed by atoms with Crippen LogP contribution < -0.4 is 9.64 Å². The van der Waals surface area contributed by atoms with Gasteiger partial charge in [0.2, 0.25) is 5.91 Å². The Hall–Kier alpha value is -2.57. The van der Waals surface area contributed by atoms with Crippen molar-refractivity contribution >= 4 is 23.5 Å². The summed E-state index contributed by atoms with van der Waals surface area (Å²) in [6.07, 6.45) is -0.793. The van der Waals surface area contributed by atoms with E-state index in [9.17, 15) is 14.4 Å². The first-order valence-corrected chi connectivity index (χ1v) is 6.93. The summed E-state index contributed by atoms with van der Waals surface area (Å²) in [5, 5.41) is 8.65. The predicted octanol–water partition coefficient (Wildman–Crippen LogP) is 0.734. The van der Waals surface area contributed by atoms with Gasteiger partial charge in [-0.15, -0.1) is 0 Å². The molecule has 7 nitrogen and oxygen atoms in total. The normalized spacial score (nSPS) is 16.7. The number of nitrogens with zero attached hydrogens (tertiary/aromatic N) is 2. The monoisotopic (exact) mass is 306 g/mol. The van der Waals surface area contributed by atoms with Crippen molar-refractivity contribution in [3.8, 4) is 5.75 Å². The number of carbonyl (C=O) groups excluding carboxylic acids is 2. The lowest BCUT2D eigenvalue weighted by Gasteiger charge is -2.33. The standard InChI is InChI=1S/C15H18N2O5/c1-10-15(21)17(11-5-3-4-6-12(11)22-10)9-13(18)16(2)8-7-14(19)20/h3-6,10H,7-9H2,1-2H3,(H,19,20)/t10-/m1/s1. The molecule has 1 aliphatic rings. The van der Waals surface area contributed by atoms with Gasteiger partial charge in [0.05, 0.1) is 12.1 Å². The number of fused-ring (bicyclic) bond motifs is 1. The zero-order valence-corrected chi connectivity index (χ0v) is 12.5. The van der Waals surface area contributed by atoms with Gasteiger partial charge in [-0.05, 0) is 19.1 Å². The first-order chi connectivity index (χ1) is 10.4. The minimum Gasteiger partial charge on any atom is -0.481 e. The van der Waals surface area contributed by atoms with Crippen LogP contribution in [0.3, 0.4) is 0 Å². The molecule has 0 unspecified atom stereocenters. The van der Waals surface area contributed by atoms with Crippen LogP contribution in [0.15, 0.2) is 24.3 Å². The van der Waals surface area contributed by atoms with E-state index < -0.39 is 12.1 Å². The Balaban J connectivity index is 2.12. The number of aliphatic carboxylic acids is 1. The molecule has 0 aromatic heterocycles. The summed E-state index contributed by atoms with van der Waals surface area (Å²) in [6.45, 7) is 1.59. The molecule has 0 radical (unpaired) electrons. The minimum absolute atomic E-state index is 0.101. The highest BCUT2D eigenvalue weighted by Crippen LogP contribution is 2.33. The summed E-state index contributed by atoms with van der Waals surface area (Å²) in [7, 11) is 1.52. The van der Waals surface area contributed by atoms with E-state index in [1.807, 2.05) is 0 Å². The quantitative estimate of drug-likeness (QED) is 0.866. The molecule has 0 aliphatic carbocycles. The van der Waals surface area contributed by atoms with Crippen molar-refractivity contribution < 1.29 is 24.2 Å². The number of amides is 2. The minimum atomic E-state index is -0.971. The Kier molecular flexibility index (Phi) is 4.65. The molecule has 1 aromatic rings. The Morgan fingerprint density at radius 1 is 1.36 bits per heavy atom. The maximum absolute atomic E-state index is 12.2. The van der Waals surface area contributed by atoms with Gasteiger partial charge in [-0.25, -0.2) is 0 Å². The first kappa shape index (κ1) is 15.8. The van der Waals surface area contributed by atoms with E-state index in [0.29, 0.717) is 11.4 Å². The van der Waals surface area contributed by atoms with Gasteiger partial charge in [-0.2, -0.15) is 0 Å². The van der Waals surface area contributed by atoms with Crippen LogP contribution in [0.5, 0.6) is 5.75 Å². The van der Waals surface area contributed by atoms with Gasteiger partial charge in [0.1, 0.15) is 12.3 Å². The highest BCUT2D eigenvalue weighted by atomic mass is 16.5. The van der Waals surface area contributed by atoms with E-state index in [1.165, 1.54) is 16.8 Å². The molecule has 1 heterocycles. The van der Waals surface area contributed by atoms with Crippen LogP contribution in [0.25, 0.3) is 0 Å². The number of hydrogen-bond acceptors (Lipinski definition) is 4. The zero-order valence-electron chi connectivity index (χ0n) is 12.5. The van der Waals surface area contributed by atoms with Crippen molar-refractivity contribution in [2.75, 3.05) is 25.0 Å². The molecule has 7 heteroatoms. The van der Waals surface area contributed by atoms with Crippen molar-refractivity contribution in [2.24, 2.45) is 0 Å². The molecule has 0 saturated heterocycles. The molecule has 1 atom stereocenters. The number of benzene rings is 1. The number of likely N-dealkylation sites (N-methyl/N-ethyl adjacent to an activating group) is 1. The van der Waals surface area contributed by atoms with Gasteiger partial charge in [-0.3, -0.25) is 19.3 Å². The topological polar surface area (TPSA) is 87.2 Å². The smallest absolute Gasteiger partial charge is 0.305 e. The molecule has 0 spiro atoms. The van der Waals surface area contributed by atoms with Crippen LogP contribution in [-0.4, -0.2) is 54.0 Å². The summed E-state index contributed by atoms with van der Waals surface area (Å²) in [5.74, 6) is -1.03. The molecule has 118 valence electrons. The molecule has 22 heavy (non-hydrogen) atoms. The van der Waals surface area contributed by atoms with Gasteiger partial charge in [0.15, 0.2) is 6.10 Å². The molecule has 0 saturated carbocycles. The highest BCUT2D eigenvalue weighted by Gasteiger charge is 2.32. The van der Waals surface area contributed by atoms with Crippen LogP contribution in [0, 0.1) is 0 Å². The number of carbonyl (C=O) groups is 3. The number of ether oxygens (including phenoxy) is 1. The third-order valence-electron chi connectivity index (χ3n) is 3.45. The number of para-hydroxylation sites is 2. The molecule has 2 rings (SSSR count). The maximum atomic E-state index is 12.2. The molecule has 0 bridgehead atoms. The average Bonchev–Trinajstić information content (AvgIpc) is 2.49. The number of hydrogen-bond donors (Lipinski definition) is 1. The lowest BCUT2D eigenvalue weighted by atomic mass is 10.2. The van der Waals surface area contributed by atoms with Crippen molar-refractivity contribution in [2.45, 2.75) is 19.4 Å². The van der Waals surface area contributed by atoms with Gasteiger partial charge < -0.3 is 14.7 Å². The van der Waals surface area contributed by atoms with Gasteiger partial charge in [-0.1, -0.05) is 12.1 Å². The summed E-state index contributed by atoms with van der Waals surface area (Å²) < 4.78 is 5.50. The number of anilines is 1. The van der Waals surface area contributed by atoms with Gasteiger partial charge in [0.25, 0.3) is 5.91 Å². The molecular weight excluding hydrogens is 288 g/mol. The van der Waals surface area contributed by atoms with Crippen LogP contribution in [0.2, 0.25) is 0 Å². The number of rotatable bonds is 5. The largest absolute Gasteiger partial charge is 0.481 e. The van der Waals surface area contributed by atoms with Crippen LogP contribution in [-0.2, 0) is 14.4 Å². The highest BCUT2D eigenvalue weighted by molar-refractivity contribution is 6.03. The van der Waals surface area contributed by atoms with Gasteiger partial charge in [0, 0.05) is 13.6 Å². The molecular formula is C15H18N2O5. The molecule has 1 N–H and O–H groups in total. The fourth-order valence-electron chi connectivity index (χ4n) is 2.17. The van der Waals surface area contributed by atoms with Gasteiger partial charge >= 0.3 is 5.97 Å². The second-order valence-electron chi connectivity index (χ2n) is 5.11. The molecule has 0 fully saturated rings. The van der Waals surface area contributed by atoms with Crippen LogP contribution >= 0.6 is 0 Å². The lowest BCUT2D eigenvalue weighted by Crippen LogP contribution is -2.49. The zero-order chi connectivity index (χ0) is 16.3. The van der Waals surface area contributed by atoms with Crippen molar-refractivity contribution in [1.82, 2.24) is 4.90 Å². The average molecular weight is 306 g/mol. The summed E-state index contributed by atoms with van der Waals surface area (Å²) in [6, 6.07) is 7.00. The summed E-state index contributed by atoms with van der Waals surface area (Å²) in [5.41, 5.74) is 0.547. The van der Waals surface area contributed by atoms with Crippen LogP contribution in [0.4, 0.5) is 5.69 Å². The van der Waals surface area contributed by atoms with E-state index in [2.05, 4.69) is 0 Å². The van der Waals surface area contributed by atoms with E-state index >= 15 is 0 Å². The van der Waals surface area contributed by atoms with E-state index in [-0.39, 0.29) is 31.3 Å². The number of carboxylic acids is 1. The Labute approximate surface area is 128 Å². The van der Waals surface area contributed by atoms with Crippen LogP contribution in [0.1, 0.15) is 13.3 Å². The Morgan fingerprint density at radius 3 is 2.73 bits per heavy atom. The molecule has 1 aliphatic heterocycles. The van der Waals surface area contributed by atoms with Crippen molar-refractivity contribution in [1.29, 1.82) is 0 Å². The van der Waals surface area contributed by atoms with E-state index in [1.54, 1.807) is 31.2 Å². The molecule has 2 amide bonds. The Morgan fingerprint density at radius 2 is 2.05 bits per heavy atom. The second-order valence-corrected chi connectivity index (χ2v) is 5.11. The Bertz CT molecular complexity index is 601. The fourth-order valence-corrected chi connectivity index (χ4v) is 2.17. The second kappa shape index (κ2) is 6.46. The predicted molar refractivity (Wildman–Crippen MR) is 78.8 cm³/mol. The SMILES string of the molecule is C[C@H]1Oc2ccccc2N(CC(=O)N(C)CCC(=O)O)C1=O. The van der Waals surface area contributed by atoms with E-state index in [4.69, 9.17) is 9.84 Å². The fraction of sp³-hybridized carbons (Fsp3) is 0.400. The summed E-state index contributed by atoms with van der Waals surface area (Å²) in [4.78, 5) is 37.7. The van der Waals surface area contributed by atoms with Crippen molar-refractivity contribution in [3.63, 3.8) is 0 Å². The lowest BCUT2D eigenvalue weighted by molar-refractivity contribution is -0.138. The maximum Gasteiger partial charge on any atom is 0.305 e. The molecule has 1 aromatic carbocycles. The third kappa shape index (κ3) is 3.36. The summed E-state index contributed by atoms with van der Waals surface area (Å²) >= 11 is 0. The first-order valence-electron chi connectivity index (χ1n) is 6.93. The number of carboxylic acid groups (broad SMARTS) is 1.